The van der Waals surface area contributed by atoms with E-state index in [1.807, 2.05) is 5.51 Å². The van der Waals surface area contributed by atoms with Crippen molar-refractivity contribution in [2.24, 2.45) is 0 Å². The van der Waals surface area contributed by atoms with Crippen molar-refractivity contribution in [1.29, 1.82) is 0 Å². The summed E-state index contributed by atoms with van der Waals surface area (Å²) >= 11 is 3.77. The lowest BCUT2D eigenvalue weighted by atomic mass is 10.1. The van der Waals surface area contributed by atoms with Crippen LogP contribution in [0.2, 0.25) is 0 Å². The fourth-order valence-corrected chi connectivity index (χ4v) is 3.85. The van der Waals surface area contributed by atoms with Gasteiger partial charge in [-0.25, -0.2) is 4.98 Å². The number of rotatable bonds is 2. The van der Waals surface area contributed by atoms with Gasteiger partial charge in [0.1, 0.15) is 0 Å². The summed E-state index contributed by atoms with van der Waals surface area (Å²) in [7, 11) is 0. The number of aromatic nitrogens is 1. The van der Waals surface area contributed by atoms with Gasteiger partial charge in [0.05, 0.1) is 15.7 Å². The molecule has 0 saturated carbocycles. The topological polar surface area (TPSA) is 24.9 Å². The lowest BCUT2D eigenvalue weighted by molar-refractivity contribution is 0.667. The fraction of sp³-hybridized carbons (Fsp3) is 0.417. The predicted octanol–water partition coefficient (Wildman–Crippen LogP) is 3.60. The van der Waals surface area contributed by atoms with Crippen LogP contribution >= 0.6 is 23.1 Å². The minimum absolute atomic E-state index is 0.659. The molecule has 0 radical (unpaired) electrons. The molecule has 0 amide bonds. The number of nitrogens with zero attached hydrogens (tertiary/aromatic N) is 1. The number of hydrogen-bond donors (Lipinski definition) is 1. The summed E-state index contributed by atoms with van der Waals surface area (Å²) in [6.07, 6.45) is 2.57. The Kier molecular flexibility index (Phi) is 3.02. The van der Waals surface area contributed by atoms with E-state index in [2.05, 4.69) is 40.3 Å². The first-order valence-electron chi connectivity index (χ1n) is 5.59. The maximum Gasteiger partial charge on any atom is 0.0813 e. The molecule has 0 unspecified atom stereocenters. The zero-order valence-corrected chi connectivity index (χ0v) is 10.6. The summed E-state index contributed by atoms with van der Waals surface area (Å²) in [5, 5.41) is 3.63. The van der Waals surface area contributed by atoms with E-state index in [0.29, 0.717) is 6.04 Å². The second-order valence-electron chi connectivity index (χ2n) is 4.07. The highest BCUT2D eigenvalue weighted by Gasteiger charge is 2.13. The van der Waals surface area contributed by atoms with Crippen LogP contribution in [0.1, 0.15) is 12.8 Å². The first-order chi connectivity index (χ1) is 7.92. The Labute approximate surface area is 103 Å². The molecule has 0 spiro atoms. The molecule has 0 atom stereocenters. The van der Waals surface area contributed by atoms with Crippen LogP contribution in [0.3, 0.4) is 0 Å². The molecule has 84 valence electrons. The van der Waals surface area contributed by atoms with E-state index in [1.165, 1.54) is 34.7 Å². The van der Waals surface area contributed by atoms with Crippen molar-refractivity contribution < 1.29 is 0 Å². The molecule has 0 bridgehead atoms. The highest BCUT2D eigenvalue weighted by molar-refractivity contribution is 7.99. The Hall–Kier alpha value is -0.740. The van der Waals surface area contributed by atoms with Crippen LogP contribution in [0.25, 0.3) is 10.2 Å². The van der Waals surface area contributed by atoms with Crippen LogP contribution < -0.4 is 5.32 Å². The van der Waals surface area contributed by atoms with Crippen molar-refractivity contribution in [3.05, 3.63) is 23.7 Å². The minimum Gasteiger partial charge on any atom is -0.382 e. The molecule has 1 saturated heterocycles. The lowest BCUT2D eigenvalue weighted by Gasteiger charge is -2.23. The summed E-state index contributed by atoms with van der Waals surface area (Å²) in [6, 6.07) is 7.12. The molecular formula is C12H14N2S2. The molecule has 1 aliphatic heterocycles. The number of thioether (sulfide) groups is 1. The van der Waals surface area contributed by atoms with E-state index in [0.717, 1.165) is 5.52 Å². The fourth-order valence-electron chi connectivity index (χ4n) is 2.02. The van der Waals surface area contributed by atoms with Crippen molar-refractivity contribution in [1.82, 2.24) is 4.98 Å². The van der Waals surface area contributed by atoms with Crippen molar-refractivity contribution in [3.8, 4) is 0 Å². The quantitative estimate of drug-likeness (QED) is 0.881. The molecule has 1 aromatic heterocycles. The molecule has 0 aliphatic carbocycles. The van der Waals surface area contributed by atoms with Crippen LogP contribution in [0.15, 0.2) is 23.7 Å². The molecule has 1 aliphatic rings. The van der Waals surface area contributed by atoms with Gasteiger partial charge in [-0.1, -0.05) is 0 Å². The second kappa shape index (κ2) is 4.63. The van der Waals surface area contributed by atoms with E-state index < -0.39 is 0 Å². The van der Waals surface area contributed by atoms with Crippen LogP contribution in [-0.2, 0) is 0 Å². The zero-order valence-electron chi connectivity index (χ0n) is 8.98. The Morgan fingerprint density at radius 3 is 3.00 bits per heavy atom. The number of fused-ring (bicyclic) bond motifs is 1. The maximum atomic E-state index is 4.29. The largest absolute Gasteiger partial charge is 0.382 e. The highest BCUT2D eigenvalue weighted by atomic mass is 32.2. The van der Waals surface area contributed by atoms with E-state index in [4.69, 9.17) is 0 Å². The minimum atomic E-state index is 0.659. The number of thiazole rings is 1. The Bertz CT molecular complexity index is 475. The number of nitrogens with one attached hydrogen (secondary N) is 1. The third-order valence-electron chi connectivity index (χ3n) is 2.92. The molecule has 3 rings (SSSR count). The summed E-state index contributed by atoms with van der Waals surface area (Å²) in [5.74, 6) is 2.58. The van der Waals surface area contributed by atoms with Crippen molar-refractivity contribution in [2.75, 3.05) is 16.8 Å². The summed E-state index contributed by atoms with van der Waals surface area (Å²) in [4.78, 5) is 4.29. The molecule has 2 nitrogen and oxygen atoms in total. The Balaban J connectivity index is 1.77. The van der Waals surface area contributed by atoms with E-state index in [9.17, 15) is 0 Å². The standard InChI is InChI=1S/C12H14N2S2/c1-2-11-12(16-8-13-11)7-10(1)14-9-3-5-15-6-4-9/h1-2,7-9,14H,3-6H2. The average molecular weight is 250 g/mol. The summed E-state index contributed by atoms with van der Waals surface area (Å²) in [6.45, 7) is 0. The molecular weight excluding hydrogens is 236 g/mol. The number of benzene rings is 1. The highest BCUT2D eigenvalue weighted by Crippen LogP contribution is 2.25. The summed E-state index contributed by atoms with van der Waals surface area (Å²) < 4.78 is 1.27. The van der Waals surface area contributed by atoms with Gasteiger partial charge in [0.25, 0.3) is 0 Å². The van der Waals surface area contributed by atoms with Gasteiger partial charge < -0.3 is 5.32 Å². The van der Waals surface area contributed by atoms with Gasteiger partial charge in [-0.3, -0.25) is 0 Å². The molecule has 1 N–H and O–H groups in total. The third kappa shape index (κ3) is 2.18. The van der Waals surface area contributed by atoms with E-state index in [1.54, 1.807) is 11.3 Å². The number of anilines is 1. The molecule has 2 aromatic rings. The van der Waals surface area contributed by atoms with Gasteiger partial charge in [-0.2, -0.15) is 11.8 Å². The van der Waals surface area contributed by atoms with E-state index >= 15 is 0 Å². The summed E-state index contributed by atoms with van der Waals surface area (Å²) in [5.41, 5.74) is 4.26. The van der Waals surface area contributed by atoms with Gasteiger partial charge in [0.15, 0.2) is 0 Å². The van der Waals surface area contributed by atoms with Gasteiger partial charge in [0, 0.05) is 11.7 Å². The maximum absolute atomic E-state index is 4.29. The van der Waals surface area contributed by atoms with Gasteiger partial charge >= 0.3 is 0 Å². The molecule has 1 aromatic carbocycles. The van der Waals surface area contributed by atoms with Crippen molar-refractivity contribution >= 4 is 39.0 Å². The third-order valence-corrected chi connectivity index (χ3v) is 4.76. The van der Waals surface area contributed by atoms with Crippen LogP contribution in [0, 0.1) is 0 Å². The molecule has 16 heavy (non-hydrogen) atoms. The van der Waals surface area contributed by atoms with Crippen molar-refractivity contribution in [3.63, 3.8) is 0 Å². The van der Waals surface area contributed by atoms with Crippen molar-refractivity contribution in [2.45, 2.75) is 18.9 Å². The van der Waals surface area contributed by atoms with Gasteiger partial charge in [-0.15, -0.1) is 11.3 Å². The Morgan fingerprint density at radius 1 is 1.25 bits per heavy atom. The second-order valence-corrected chi connectivity index (χ2v) is 6.18. The van der Waals surface area contributed by atoms with Gasteiger partial charge in [0.2, 0.25) is 0 Å². The van der Waals surface area contributed by atoms with Crippen LogP contribution in [-0.4, -0.2) is 22.5 Å². The monoisotopic (exact) mass is 250 g/mol. The smallest absolute Gasteiger partial charge is 0.0813 e. The lowest BCUT2D eigenvalue weighted by Crippen LogP contribution is -2.24. The first-order valence-corrected chi connectivity index (χ1v) is 7.63. The average Bonchev–Trinajstić information content (AvgIpc) is 2.77. The van der Waals surface area contributed by atoms with E-state index in [-0.39, 0.29) is 0 Å². The Morgan fingerprint density at radius 2 is 2.12 bits per heavy atom. The van der Waals surface area contributed by atoms with Crippen LogP contribution in [0.4, 0.5) is 5.69 Å². The van der Waals surface area contributed by atoms with Gasteiger partial charge in [-0.05, 0) is 42.5 Å². The molecule has 2 heterocycles. The molecule has 4 heteroatoms. The predicted molar refractivity (Wildman–Crippen MR) is 73.6 cm³/mol. The van der Waals surface area contributed by atoms with Crippen LogP contribution in [0.5, 0.6) is 0 Å². The normalized spacial score (nSPS) is 17.8. The number of hydrogen-bond acceptors (Lipinski definition) is 4. The first kappa shape index (κ1) is 10.4. The zero-order chi connectivity index (χ0) is 10.8. The SMILES string of the molecule is c1nc2ccc(NC3CCSCC3)cc2s1. The molecule has 1 fully saturated rings.